The maximum atomic E-state index is 14.5. The number of esters is 2. The number of hydrogen-bond acceptors (Lipinski definition) is 12. The molecule has 1 aliphatic rings. The number of aliphatic hydroxyl groups is 1. The molecule has 13 nitrogen and oxygen atoms in total. The zero-order valence-corrected chi connectivity index (χ0v) is 39.4. The van der Waals surface area contributed by atoms with Crippen LogP contribution in [0.1, 0.15) is 185 Å². The second kappa shape index (κ2) is 32.4. The number of rotatable bonds is 37. The van der Waals surface area contributed by atoms with Gasteiger partial charge in [-0.15, -0.1) is 0 Å². The summed E-state index contributed by atoms with van der Waals surface area (Å²) >= 11 is 0. The summed E-state index contributed by atoms with van der Waals surface area (Å²) in [7, 11) is -5.15. The van der Waals surface area contributed by atoms with Crippen molar-refractivity contribution >= 4 is 28.1 Å². The zero-order chi connectivity index (χ0) is 46.3. The summed E-state index contributed by atoms with van der Waals surface area (Å²) in [5.74, 6) is 1.23. The largest absolute Gasteiger partial charge is 0.459 e. The Labute approximate surface area is 383 Å². The quantitative estimate of drug-likeness (QED) is 0.0251. The van der Waals surface area contributed by atoms with Gasteiger partial charge in [0.25, 0.3) is 5.79 Å². The molecule has 14 heteroatoms. The maximum Gasteiger partial charge on any atom is 0.397 e. The summed E-state index contributed by atoms with van der Waals surface area (Å²) in [5.41, 5.74) is 2.63. The Bertz CT molecular complexity index is 1660. The van der Waals surface area contributed by atoms with Crippen LogP contribution in [0.3, 0.4) is 0 Å². The predicted octanol–water partition coefficient (Wildman–Crippen LogP) is 10.2. The van der Waals surface area contributed by atoms with E-state index < -0.39 is 71.4 Å². The molecule has 64 heavy (non-hydrogen) atoms. The normalized spacial score (nSPS) is 19.3. The van der Waals surface area contributed by atoms with Crippen molar-refractivity contribution < 1.29 is 55.7 Å². The maximum absolute atomic E-state index is 14.5. The summed E-state index contributed by atoms with van der Waals surface area (Å²) in [6.45, 7) is 1.27. The van der Waals surface area contributed by atoms with E-state index >= 15 is 0 Å². The Hall–Kier alpha value is -3.24. The van der Waals surface area contributed by atoms with E-state index in [1.807, 2.05) is 36.4 Å². The first kappa shape index (κ1) is 55.1. The fourth-order valence-corrected chi connectivity index (χ4v) is 8.97. The van der Waals surface area contributed by atoms with Crippen molar-refractivity contribution in [2.24, 2.45) is 5.90 Å². The van der Waals surface area contributed by atoms with Gasteiger partial charge < -0.3 is 19.3 Å². The van der Waals surface area contributed by atoms with Gasteiger partial charge in [0.05, 0.1) is 13.0 Å². The van der Waals surface area contributed by atoms with Crippen LogP contribution >= 0.6 is 0 Å². The number of ketones is 1. The molecule has 0 radical (unpaired) electrons. The number of nitrogens with two attached hydrogens (primary N) is 1. The van der Waals surface area contributed by atoms with E-state index in [9.17, 15) is 32.5 Å². The van der Waals surface area contributed by atoms with Crippen LogP contribution in [0.4, 0.5) is 0 Å². The van der Waals surface area contributed by atoms with Crippen molar-refractivity contribution in [3.05, 3.63) is 71.8 Å². The van der Waals surface area contributed by atoms with Gasteiger partial charge in [-0.05, 0) is 62.5 Å². The number of Topliss-reactive ketones (excluding diaryl/α,β-unsaturated/α-hetero) is 1. The molecule has 2 unspecified atom stereocenters. The lowest BCUT2D eigenvalue weighted by atomic mass is 9.89. The average Bonchev–Trinajstić information content (AvgIpc) is 3.28. The zero-order valence-electron chi connectivity index (χ0n) is 38.6. The molecule has 0 spiro atoms. The molecule has 1 fully saturated rings. The van der Waals surface area contributed by atoms with Gasteiger partial charge in [-0.3, -0.25) is 23.8 Å². The van der Waals surface area contributed by atoms with E-state index in [0.29, 0.717) is 19.3 Å². The molecule has 2 aromatic carbocycles. The van der Waals surface area contributed by atoms with Gasteiger partial charge >= 0.3 is 22.3 Å². The summed E-state index contributed by atoms with van der Waals surface area (Å²) in [4.78, 5) is 46.2. The van der Waals surface area contributed by atoms with Gasteiger partial charge in [-0.25, -0.2) is 10.1 Å². The molecule has 0 saturated carbocycles. The first-order valence-electron chi connectivity index (χ1n) is 24.3. The highest BCUT2D eigenvalue weighted by Gasteiger charge is 2.57. The van der Waals surface area contributed by atoms with Gasteiger partial charge in [0, 0.05) is 12.8 Å². The van der Waals surface area contributed by atoms with Gasteiger partial charge in [0.15, 0.2) is 6.10 Å². The molecule has 1 heterocycles. The molecule has 5 atom stereocenters. The average molecular weight is 918 g/mol. The third-order valence-electron chi connectivity index (χ3n) is 12.1. The smallest absolute Gasteiger partial charge is 0.397 e. The van der Waals surface area contributed by atoms with Crippen LogP contribution in [-0.4, -0.2) is 72.6 Å². The van der Waals surface area contributed by atoms with Gasteiger partial charge in [0.1, 0.15) is 18.3 Å². The molecule has 362 valence electrons. The Morgan fingerprint density at radius 3 is 1.61 bits per heavy atom. The number of aryl methyl sites for hydroxylation is 2. The molecule has 0 amide bonds. The van der Waals surface area contributed by atoms with Crippen molar-refractivity contribution in [1.29, 1.82) is 0 Å². The lowest BCUT2D eigenvalue weighted by molar-refractivity contribution is -0.309. The Kier molecular flexibility index (Phi) is 27.9. The minimum atomic E-state index is -5.15. The number of benzene rings is 2. The number of carbonyl (C=O) groups is 3. The van der Waals surface area contributed by atoms with Gasteiger partial charge in [0.2, 0.25) is 5.78 Å². The standard InChI is InChI=1S/C50H79NO12S/c1-2-3-4-5-6-7-8-9-16-27-36-43(59-46(53)37-28-17-12-10-14-21-30-41-32-23-19-24-33-41)49(55)50(63-51)39-44(48(45(40-52)61-50)62-64(56,57)58)60-47(54)38-29-18-13-11-15-22-31-42-34-25-20-26-35-42/h19-20,23-26,32-35,43-45,48,52H,2-18,21-22,27-31,36-40,51H2,1H3,(H,56,57,58)/t43?,44-,45+,48-,50?/m0/s1. The van der Waals surface area contributed by atoms with E-state index in [0.717, 1.165) is 103 Å². The highest BCUT2D eigenvalue weighted by molar-refractivity contribution is 7.80. The fraction of sp³-hybridized carbons (Fsp3) is 0.700. The minimum absolute atomic E-state index is 0.0130. The molecule has 4 N–H and O–H groups in total. The first-order valence-corrected chi connectivity index (χ1v) is 25.7. The Morgan fingerprint density at radius 2 is 1.14 bits per heavy atom. The van der Waals surface area contributed by atoms with Gasteiger partial charge in [-0.1, -0.05) is 177 Å². The van der Waals surface area contributed by atoms with Crippen LogP contribution in [0.2, 0.25) is 0 Å². The lowest BCUT2D eigenvalue weighted by Crippen LogP contribution is -2.64. The van der Waals surface area contributed by atoms with E-state index in [2.05, 4.69) is 31.2 Å². The summed E-state index contributed by atoms with van der Waals surface area (Å²) in [5, 5.41) is 10.4. The third-order valence-corrected chi connectivity index (χ3v) is 12.5. The highest BCUT2D eigenvalue weighted by atomic mass is 32.3. The predicted molar refractivity (Wildman–Crippen MR) is 247 cm³/mol. The molecule has 3 rings (SSSR count). The summed E-state index contributed by atoms with van der Waals surface area (Å²) < 4.78 is 55.9. The van der Waals surface area contributed by atoms with Crippen molar-refractivity contribution in [2.75, 3.05) is 6.61 Å². The highest BCUT2D eigenvalue weighted by Crippen LogP contribution is 2.37. The third kappa shape index (κ3) is 22.8. The van der Waals surface area contributed by atoms with Crippen LogP contribution in [0.25, 0.3) is 0 Å². The van der Waals surface area contributed by atoms with E-state index in [4.69, 9.17) is 29.1 Å². The van der Waals surface area contributed by atoms with Crippen LogP contribution < -0.4 is 5.90 Å². The molecule has 1 saturated heterocycles. The molecule has 1 aliphatic heterocycles. The Morgan fingerprint density at radius 1 is 0.688 bits per heavy atom. The number of ether oxygens (including phenoxy) is 3. The second-order valence-corrected chi connectivity index (χ2v) is 18.5. The molecular formula is C50H79NO12S. The van der Waals surface area contributed by atoms with Crippen molar-refractivity contribution in [3.63, 3.8) is 0 Å². The van der Waals surface area contributed by atoms with Gasteiger partial charge in [-0.2, -0.15) is 8.42 Å². The first-order chi connectivity index (χ1) is 31.0. The second-order valence-electron chi connectivity index (χ2n) is 17.5. The number of hydrogen-bond donors (Lipinski definition) is 3. The van der Waals surface area contributed by atoms with Crippen LogP contribution in [-0.2, 0) is 60.9 Å². The summed E-state index contributed by atoms with van der Waals surface area (Å²) in [6, 6.07) is 20.7. The van der Waals surface area contributed by atoms with Crippen LogP contribution in [0.5, 0.6) is 0 Å². The fourth-order valence-electron chi connectivity index (χ4n) is 8.44. The molecular weight excluding hydrogens is 839 g/mol. The SMILES string of the molecule is CCCCCCCCCCCCC(OC(=O)CCCCCCCCc1ccccc1)C(=O)C1(ON)C[C@H](OC(=O)CCCCCCCCc2ccccc2)[C@H](OS(=O)(=O)O)[C@@H](CO)O1. The minimum Gasteiger partial charge on any atom is -0.459 e. The molecule has 0 bridgehead atoms. The van der Waals surface area contributed by atoms with E-state index in [1.165, 1.54) is 43.2 Å². The number of unbranched alkanes of at least 4 members (excludes halogenated alkanes) is 19. The lowest BCUT2D eigenvalue weighted by Gasteiger charge is -2.45. The van der Waals surface area contributed by atoms with Crippen LogP contribution in [0, 0.1) is 0 Å². The van der Waals surface area contributed by atoms with Crippen molar-refractivity contribution in [2.45, 2.75) is 217 Å². The summed E-state index contributed by atoms with van der Waals surface area (Å²) in [6.07, 6.45) is 16.7. The molecule has 0 aromatic heterocycles. The van der Waals surface area contributed by atoms with E-state index in [-0.39, 0.29) is 19.3 Å². The number of carbonyl (C=O) groups excluding carboxylic acids is 3. The Balaban J connectivity index is 1.61. The van der Waals surface area contributed by atoms with E-state index in [1.54, 1.807) is 0 Å². The van der Waals surface area contributed by atoms with Crippen molar-refractivity contribution in [1.82, 2.24) is 0 Å². The molecule has 0 aliphatic carbocycles. The molecule has 2 aromatic rings. The number of aliphatic hydroxyl groups excluding tert-OH is 1. The topological polar surface area (TPSA) is 198 Å². The monoisotopic (exact) mass is 918 g/mol. The van der Waals surface area contributed by atoms with Crippen LogP contribution in [0.15, 0.2) is 60.7 Å². The van der Waals surface area contributed by atoms with Crippen molar-refractivity contribution in [3.8, 4) is 0 Å².